The van der Waals surface area contributed by atoms with Gasteiger partial charge in [0.05, 0.1) is 12.2 Å². The molecule has 19 heavy (non-hydrogen) atoms. The molecule has 1 aliphatic heterocycles. The van der Waals surface area contributed by atoms with Crippen LogP contribution in [0.1, 0.15) is 90.9 Å². The summed E-state index contributed by atoms with van der Waals surface area (Å²) < 4.78 is 6.29. The Balaban J connectivity index is 2.16. The van der Waals surface area contributed by atoms with E-state index < -0.39 is 0 Å². The van der Waals surface area contributed by atoms with Crippen molar-refractivity contribution in [1.29, 1.82) is 0 Å². The minimum Gasteiger partial charge on any atom is -0.375 e. The molecule has 1 aliphatic rings. The van der Waals surface area contributed by atoms with Gasteiger partial charge in [-0.25, -0.2) is 0 Å². The predicted octanol–water partition coefficient (Wildman–Crippen LogP) is 6.24. The minimum absolute atomic E-state index is 0.520. The van der Waals surface area contributed by atoms with Crippen LogP contribution in [0.25, 0.3) is 0 Å². The van der Waals surface area contributed by atoms with E-state index in [4.69, 9.17) is 4.74 Å². The van der Waals surface area contributed by atoms with Crippen molar-refractivity contribution in [3.63, 3.8) is 0 Å². The second-order valence-corrected chi connectivity index (χ2v) is 7.44. The lowest BCUT2D eigenvalue weighted by Crippen LogP contribution is -2.33. The highest BCUT2D eigenvalue weighted by Crippen LogP contribution is 2.30. The molecule has 1 heterocycles. The van der Waals surface area contributed by atoms with Crippen LogP contribution in [0.3, 0.4) is 0 Å². The molecule has 0 amide bonds. The quantitative estimate of drug-likeness (QED) is 0.340. The van der Waals surface area contributed by atoms with E-state index in [0.29, 0.717) is 17.0 Å². The van der Waals surface area contributed by atoms with Gasteiger partial charge in [-0.1, -0.05) is 81.1 Å². The fourth-order valence-corrected chi connectivity index (χ4v) is 3.85. The van der Waals surface area contributed by atoms with Crippen LogP contribution in [0.2, 0.25) is 0 Å². The summed E-state index contributed by atoms with van der Waals surface area (Å²) in [6.45, 7) is 4.55. The number of halogens is 1. The summed E-state index contributed by atoms with van der Waals surface area (Å²) in [5.74, 6) is 0. The van der Waals surface area contributed by atoms with E-state index in [1.54, 1.807) is 0 Å². The van der Waals surface area contributed by atoms with Gasteiger partial charge in [0.1, 0.15) is 0 Å². The predicted molar refractivity (Wildman–Crippen MR) is 88.1 cm³/mol. The molecule has 2 atom stereocenters. The Kier molecular flexibility index (Phi) is 10.3. The van der Waals surface area contributed by atoms with E-state index in [-0.39, 0.29) is 0 Å². The summed E-state index contributed by atoms with van der Waals surface area (Å²) >= 11 is 3.83. The van der Waals surface area contributed by atoms with Crippen molar-refractivity contribution in [2.75, 3.05) is 0 Å². The molecule has 0 spiro atoms. The van der Waals surface area contributed by atoms with Gasteiger partial charge in [-0.2, -0.15) is 0 Å². The summed E-state index contributed by atoms with van der Waals surface area (Å²) in [5.41, 5.74) is 0. The zero-order valence-electron chi connectivity index (χ0n) is 13.0. The molecule has 0 aromatic rings. The average molecular weight is 333 g/mol. The maximum atomic E-state index is 6.29. The van der Waals surface area contributed by atoms with Crippen molar-refractivity contribution in [2.45, 2.75) is 108 Å². The molecule has 1 nitrogen and oxygen atoms in total. The van der Waals surface area contributed by atoms with Crippen molar-refractivity contribution >= 4 is 15.9 Å². The molecule has 2 unspecified atom stereocenters. The molecule has 0 bridgehead atoms. The zero-order valence-corrected chi connectivity index (χ0v) is 14.6. The normalized spacial score (nSPS) is 27.6. The third-order valence-electron chi connectivity index (χ3n) is 4.18. The molecule has 0 aromatic heterocycles. The van der Waals surface area contributed by atoms with E-state index in [0.717, 1.165) is 0 Å². The first-order valence-electron chi connectivity index (χ1n) is 8.55. The lowest BCUT2D eigenvalue weighted by Gasteiger charge is -2.33. The SMILES string of the molecule is CCCCCCC1CC(Br)CC(CCCCCC)O1. The van der Waals surface area contributed by atoms with Crippen LogP contribution in [0, 0.1) is 0 Å². The second-order valence-electron chi connectivity index (χ2n) is 6.15. The Morgan fingerprint density at radius 2 is 1.26 bits per heavy atom. The molecule has 1 rings (SSSR count). The number of unbranched alkanes of at least 4 members (excludes halogenated alkanes) is 6. The Morgan fingerprint density at radius 3 is 1.68 bits per heavy atom. The molecule has 0 radical (unpaired) electrons. The molecule has 114 valence electrons. The van der Waals surface area contributed by atoms with Crippen LogP contribution in [-0.2, 0) is 4.74 Å². The smallest absolute Gasteiger partial charge is 0.0589 e. The first-order chi connectivity index (χ1) is 9.26. The van der Waals surface area contributed by atoms with Crippen LogP contribution >= 0.6 is 15.9 Å². The van der Waals surface area contributed by atoms with E-state index >= 15 is 0 Å². The van der Waals surface area contributed by atoms with Crippen LogP contribution in [0.15, 0.2) is 0 Å². The second kappa shape index (κ2) is 11.1. The van der Waals surface area contributed by atoms with Gasteiger partial charge in [0.15, 0.2) is 0 Å². The Labute approximate surface area is 129 Å². The van der Waals surface area contributed by atoms with Gasteiger partial charge < -0.3 is 4.74 Å². The zero-order chi connectivity index (χ0) is 13.9. The van der Waals surface area contributed by atoms with Crippen molar-refractivity contribution in [3.8, 4) is 0 Å². The van der Waals surface area contributed by atoms with Crippen molar-refractivity contribution in [1.82, 2.24) is 0 Å². The summed E-state index contributed by atoms with van der Waals surface area (Å²) in [6, 6.07) is 0. The third kappa shape index (κ3) is 8.34. The number of rotatable bonds is 10. The van der Waals surface area contributed by atoms with Gasteiger partial charge in [-0.3, -0.25) is 0 Å². The largest absolute Gasteiger partial charge is 0.375 e. The standard InChI is InChI=1S/C17H33BrO/c1-3-5-7-9-11-16-13-15(18)14-17(19-16)12-10-8-6-4-2/h15-17H,3-14H2,1-2H3. The number of hydrogen-bond acceptors (Lipinski definition) is 1. The first-order valence-corrected chi connectivity index (χ1v) is 9.47. The Morgan fingerprint density at radius 1 is 0.789 bits per heavy atom. The van der Waals surface area contributed by atoms with Gasteiger partial charge in [0, 0.05) is 4.83 Å². The molecule has 0 saturated carbocycles. The van der Waals surface area contributed by atoms with E-state index in [2.05, 4.69) is 29.8 Å². The maximum Gasteiger partial charge on any atom is 0.0589 e. The molecule has 2 heteroatoms. The van der Waals surface area contributed by atoms with Gasteiger partial charge >= 0.3 is 0 Å². The topological polar surface area (TPSA) is 9.23 Å². The number of ether oxygens (including phenoxy) is 1. The molecule has 1 saturated heterocycles. The van der Waals surface area contributed by atoms with E-state index in [1.807, 2.05) is 0 Å². The molecular formula is C17H33BrO. The highest BCUT2D eigenvalue weighted by molar-refractivity contribution is 9.09. The molecule has 0 N–H and O–H groups in total. The molecule has 1 fully saturated rings. The van der Waals surface area contributed by atoms with Gasteiger partial charge in [0.25, 0.3) is 0 Å². The van der Waals surface area contributed by atoms with Crippen LogP contribution in [0.4, 0.5) is 0 Å². The van der Waals surface area contributed by atoms with Crippen LogP contribution in [0.5, 0.6) is 0 Å². The van der Waals surface area contributed by atoms with Gasteiger partial charge in [0.2, 0.25) is 0 Å². The summed E-state index contributed by atoms with van der Waals surface area (Å²) in [4.78, 5) is 0.689. The Bertz CT molecular complexity index is 187. The highest BCUT2D eigenvalue weighted by Gasteiger charge is 2.27. The fraction of sp³-hybridized carbons (Fsp3) is 1.00. The first kappa shape index (κ1) is 17.5. The van der Waals surface area contributed by atoms with Crippen LogP contribution in [-0.4, -0.2) is 17.0 Å². The average Bonchev–Trinajstić information content (AvgIpc) is 2.39. The van der Waals surface area contributed by atoms with Crippen molar-refractivity contribution in [2.24, 2.45) is 0 Å². The highest BCUT2D eigenvalue weighted by atomic mass is 79.9. The summed E-state index contributed by atoms with van der Waals surface area (Å²) in [5, 5.41) is 0. The number of hydrogen-bond donors (Lipinski definition) is 0. The third-order valence-corrected chi connectivity index (χ3v) is 4.93. The number of alkyl halides is 1. The minimum atomic E-state index is 0.520. The Hall–Kier alpha value is 0.440. The molecular weight excluding hydrogens is 300 g/mol. The van der Waals surface area contributed by atoms with E-state index in [1.165, 1.54) is 77.0 Å². The lowest BCUT2D eigenvalue weighted by atomic mass is 9.96. The van der Waals surface area contributed by atoms with Gasteiger partial charge in [-0.15, -0.1) is 0 Å². The monoisotopic (exact) mass is 332 g/mol. The van der Waals surface area contributed by atoms with Crippen molar-refractivity contribution < 1.29 is 4.74 Å². The summed E-state index contributed by atoms with van der Waals surface area (Å²) in [7, 11) is 0. The fourth-order valence-electron chi connectivity index (χ4n) is 3.02. The molecule has 0 aliphatic carbocycles. The van der Waals surface area contributed by atoms with Gasteiger partial charge in [-0.05, 0) is 25.7 Å². The lowest BCUT2D eigenvalue weighted by molar-refractivity contribution is -0.0546. The molecule has 0 aromatic carbocycles. The maximum absolute atomic E-state index is 6.29. The summed E-state index contributed by atoms with van der Waals surface area (Å²) in [6.07, 6.45) is 16.9. The van der Waals surface area contributed by atoms with E-state index in [9.17, 15) is 0 Å². The van der Waals surface area contributed by atoms with Crippen LogP contribution < -0.4 is 0 Å². The van der Waals surface area contributed by atoms with Crippen molar-refractivity contribution in [3.05, 3.63) is 0 Å².